The van der Waals surface area contributed by atoms with E-state index in [9.17, 15) is 13.2 Å². The van der Waals surface area contributed by atoms with Gasteiger partial charge in [-0.05, 0) is 54.4 Å². The number of halogens is 3. The third-order valence-corrected chi connectivity index (χ3v) is 5.43. The molecule has 0 amide bonds. The molecule has 4 rings (SSSR count). The average Bonchev–Trinajstić information content (AvgIpc) is 2.97. The second-order valence-corrected chi connectivity index (χ2v) is 7.50. The molecule has 2 unspecified atom stereocenters. The molecule has 3 aromatic carbocycles. The van der Waals surface area contributed by atoms with E-state index in [1.807, 2.05) is 31.0 Å². The predicted molar refractivity (Wildman–Crippen MR) is 110 cm³/mol. The van der Waals surface area contributed by atoms with Crippen molar-refractivity contribution in [2.45, 2.75) is 18.5 Å². The molecule has 3 aromatic rings. The summed E-state index contributed by atoms with van der Waals surface area (Å²) in [4.78, 5) is 6.77. The van der Waals surface area contributed by atoms with Crippen molar-refractivity contribution < 1.29 is 17.9 Å². The molecule has 0 radical (unpaired) electrons. The van der Waals surface area contributed by atoms with E-state index in [1.165, 1.54) is 36.4 Å². The van der Waals surface area contributed by atoms with Gasteiger partial charge in [0.05, 0.1) is 6.04 Å². The highest BCUT2D eigenvalue weighted by atomic mass is 19.1. The molecule has 154 valence electrons. The SMILES string of the molecule is CN1C(COc2cccc(F)c2)=NC(C)(c2cccc(F)c2)C1c1cccc(F)c1. The van der Waals surface area contributed by atoms with Gasteiger partial charge in [-0.15, -0.1) is 0 Å². The maximum atomic E-state index is 14.0. The fourth-order valence-corrected chi connectivity index (χ4v) is 4.02. The average molecular weight is 410 g/mol. The number of likely N-dealkylation sites (N-methyl/N-ethyl adjacent to an activating group) is 1. The molecule has 1 aliphatic rings. The van der Waals surface area contributed by atoms with Crippen LogP contribution in [-0.2, 0) is 5.54 Å². The number of hydrogen-bond acceptors (Lipinski definition) is 3. The molecule has 30 heavy (non-hydrogen) atoms. The Morgan fingerprint density at radius 1 is 0.900 bits per heavy atom. The zero-order valence-electron chi connectivity index (χ0n) is 16.6. The fourth-order valence-electron chi connectivity index (χ4n) is 4.02. The Hall–Kier alpha value is -3.28. The molecule has 0 aliphatic carbocycles. The van der Waals surface area contributed by atoms with Gasteiger partial charge in [-0.3, -0.25) is 4.99 Å². The van der Waals surface area contributed by atoms with E-state index in [0.29, 0.717) is 22.7 Å². The Morgan fingerprint density at radius 2 is 1.53 bits per heavy atom. The molecule has 2 atom stereocenters. The number of hydrogen-bond donors (Lipinski definition) is 0. The second kappa shape index (κ2) is 7.86. The van der Waals surface area contributed by atoms with Crippen LogP contribution in [0.15, 0.2) is 77.8 Å². The fraction of sp³-hybridized carbons (Fsp3) is 0.208. The van der Waals surface area contributed by atoms with E-state index in [2.05, 4.69) is 0 Å². The highest BCUT2D eigenvalue weighted by Crippen LogP contribution is 2.46. The quantitative estimate of drug-likeness (QED) is 0.556. The van der Waals surface area contributed by atoms with Gasteiger partial charge >= 0.3 is 0 Å². The molecular formula is C24H21F3N2O. The van der Waals surface area contributed by atoms with Gasteiger partial charge in [0, 0.05) is 13.1 Å². The Labute approximate surface area is 173 Å². The first-order valence-corrected chi connectivity index (χ1v) is 9.58. The summed E-state index contributed by atoms with van der Waals surface area (Å²) in [5.41, 5.74) is 0.517. The van der Waals surface area contributed by atoms with Crippen LogP contribution in [0, 0.1) is 17.5 Å². The molecule has 1 aliphatic heterocycles. The summed E-state index contributed by atoms with van der Waals surface area (Å²) in [5.74, 6) is -0.134. The van der Waals surface area contributed by atoms with Gasteiger partial charge in [0.25, 0.3) is 0 Å². The Kier molecular flexibility index (Phi) is 5.24. The molecular weight excluding hydrogens is 389 g/mol. The molecule has 0 fully saturated rings. The number of benzene rings is 3. The lowest BCUT2D eigenvalue weighted by Gasteiger charge is -2.34. The predicted octanol–water partition coefficient (Wildman–Crippen LogP) is 5.48. The van der Waals surface area contributed by atoms with Gasteiger partial charge in [-0.25, -0.2) is 13.2 Å². The van der Waals surface area contributed by atoms with E-state index in [0.717, 1.165) is 0 Å². The first-order chi connectivity index (χ1) is 14.4. The van der Waals surface area contributed by atoms with Gasteiger partial charge in [-0.1, -0.05) is 30.3 Å². The lowest BCUT2D eigenvalue weighted by Crippen LogP contribution is -2.36. The zero-order valence-corrected chi connectivity index (χ0v) is 16.6. The lowest BCUT2D eigenvalue weighted by atomic mass is 9.81. The van der Waals surface area contributed by atoms with E-state index in [-0.39, 0.29) is 24.3 Å². The van der Waals surface area contributed by atoms with Crippen LogP contribution in [0.2, 0.25) is 0 Å². The van der Waals surface area contributed by atoms with Crippen LogP contribution in [0.4, 0.5) is 13.2 Å². The third kappa shape index (κ3) is 3.77. The molecule has 0 bridgehead atoms. The van der Waals surface area contributed by atoms with Crippen molar-refractivity contribution in [3.8, 4) is 5.75 Å². The summed E-state index contributed by atoms with van der Waals surface area (Å²) in [6.07, 6.45) is 0. The summed E-state index contributed by atoms with van der Waals surface area (Å²) in [6, 6.07) is 18.1. The van der Waals surface area contributed by atoms with Crippen molar-refractivity contribution in [1.82, 2.24) is 4.90 Å². The summed E-state index contributed by atoms with van der Waals surface area (Å²) in [6.45, 7) is 1.99. The van der Waals surface area contributed by atoms with Gasteiger partial charge in [0.15, 0.2) is 0 Å². The molecule has 1 heterocycles. The second-order valence-electron chi connectivity index (χ2n) is 7.50. The van der Waals surface area contributed by atoms with Crippen LogP contribution in [0.1, 0.15) is 24.1 Å². The number of nitrogens with zero attached hydrogens (tertiary/aromatic N) is 2. The highest BCUT2D eigenvalue weighted by Gasteiger charge is 2.46. The summed E-state index contributed by atoms with van der Waals surface area (Å²) in [7, 11) is 1.84. The standard InChI is InChI=1S/C24H21F3N2O/c1-24(17-7-4-9-19(26)13-17)23(16-6-3-8-18(25)12-16)29(2)22(28-24)15-30-21-11-5-10-20(27)14-21/h3-14,23H,15H2,1-2H3. The molecule has 0 spiro atoms. The van der Waals surface area contributed by atoms with Crippen LogP contribution in [0.25, 0.3) is 0 Å². The maximum absolute atomic E-state index is 14.0. The Morgan fingerprint density at radius 3 is 2.20 bits per heavy atom. The third-order valence-electron chi connectivity index (χ3n) is 5.43. The minimum absolute atomic E-state index is 0.0939. The van der Waals surface area contributed by atoms with Crippen molar-refractivity contribution in [3.05, 3.63) is 101 Å². The highest BCUT2D eigenvalue weighted by molar-refractivity contribution is 5.87. The van der Waals surface area contributed by atoms with Gasteiger partial charge in [0.1, 0.15) is 41.2 Å². The van der Waals surface area contributed by atoms with Gasteiger partial charge in [-0.2, -0.15) is 0 Å². The lowest BCUT2D eigenvalue weighted by molar-refractivity contribution is 0.269. The molecule has 0 aromatic heterocycles. The number of ether oxygens (including phenoxy) is 1. The largest absolute Gasteiger partial charge is 0.486 e. The molecule has 6 heteroatoms. The summed E-state index contributed by atoms with van der Waals surface area (Å²) >= 11 is 0. The van der Waals surface area contributed by atoms with E-state index in [1.54, 1.807) is 24.3 Å². The van der Waals surface area contributed by atoms with E-state index >= 15 is 0 Å². The maximum Gasteiger partial charge on any atom is 0.145 e. The minimum Gasteiger partial charge on any atom is -0.486 e. The van der Waals surface area contributed by atoms with Crippen molar-refractivity contribution in [3.63, 3.8) is 0 Å². The van der Waals surface area contributed by atoms with Crippen LogP contribution in [0.5, 0.6) is 5.75 Å². The molecule has 3 nitrogen and oxygen atoms in total. The normalized spacial score (nSPS) is 20.9. The van der Waals surface area contributed by atoms with E-state index < -0.39 is 11.4 Å². The van der Waals surface area contributed by atoms with Crippen LogP contribution >= 0.6 is 0 Å². The Balaban J connectivity index is 1.72. The van der Waals surface area contributed by atoms with Crippen molar-refractivity contribution >= 4 is 5.84 Å². The number of amidine groups is 1. The zero-order chi connectivity index (χ0) is 21.3. The molecule has 0 saturated carbocycles. The monoisotopic (exact) mass is 410 g/mol. The van der Waals surface area contributed by atoms with Gasteiger partial charge in [0.2, 0.25) is 0 Å². The summed E-state index contributed by atoms with van der Waals surface area (Å²) < 4.78 is 47.2. The smallest absolute Gasteiger partial charge is 0.145 e. The first-order valence-electron chi connectivity index (χ1n) is 9.58. The number of aliphatic imine (C=N–C) groups is 1. The van der Waals surface area contributed by atoms with Crippen molar-refractivity contribution in [2.75, 3.05) is 13.7 Å². The molecule has 0 saturated heterocycles. The van der Waals surface area contributed by atoms with E-state index in [4.69, 9.17) is 9.73 Å². The first kappa shape index (κ1) is 20.0. The van der Waals surface area contributed by atoms with Crippen LogP contribution in [-0.4, -0.2) is 24.4 Å². The summed E-state index contributed by atoms with van der Waals surface area (Å²) in [5, 5.41) is 0. The van der Waals surface area contributed by atoms with Crippen molar-refractivity contribution in [2.24, 2.45) is 4.99 Å². The Bertz CT molecular complexity index is 1100. The van der Waals surface area contributed by atoms with Crippen LogP contribution in [0.3, 0.4) is 0 Å². The number of rotatable bonds is 5. The van der Waals surface area contributed by atoms with Crippen LogP contribution < -0.4 is 4.74 Å². The van der Waals surface area contributed by atoms with Crippen molar-refractivity contribution in [1.29, 1.82) is 0 Å². The minimum atomic E-state index is -0.870. The topological polar surface area (TPSA) is 24.8 Å². The molecule has 0 N–H and O–H groups in total. The van der Waals surface area contributed by atoms with Gasteiger partial charge < -0.3 is 9.64 Å².